The van der Waals surface area contributed by atoms with Crippen molar-refractivity contribution in [2.24, 2.45) is 5.92 Å². The molecule has 0 amide bonds. The zero-order chi connectivity index (χ0) is 13.7. The summed E-state index contributed by atoms with van der Waals surface area (Å²) in [4.78, 5) is 7.08. The molecule has 0 bridgehead atoms. The monoisotopic (exact) mass is 262 g/mol. The third-order valence-corrected chi connectivity index (χ3v) is 4.14. The SMILES string of the molecule is CCc1nc(OC)ccc1N(CC)CC1CCCC1. The molecule has 106 valence electrons. The first kappa shape index (κ1) is 14.2. The number of hydrogen-bond donors (Lipinski definition) is 0. The third kappa shape index (κ3) is 3.40. The number of rotatable bonds is 6. The molecule has 1 heterocycles. The Morgan fingerprint density at radius 1 is 1.26 bits per heavy atom. The van der Waals surface area contributed by atoms with Crippen LogP contribution in [0.25, 0.3) is 0 Å². The molecule has 1 aliphatic rings. The lowest BCUT2D eigenvalue weighted by Crippen LogP contribution is -2.29. The predicted molar refractivity (Wildman–Crippen MR) is 80.0 cm³/mol. The van der Waals surface area contributed by atoms with E-state index in [1.54, 1.807) is 7.11 Å². The number of pyridine rings is 1. The molecule has 2 rings (SSSR count). The van der Waals surface area contributed by atoms with Crippen molar-refractivity contribution in [3.8, 4) is 5.88 Å². The van der Waals surface area contributed by atoms with E-state index in [1.165, 1.54) is 37.9 Å². The third-order valence-electron chi connectivity index (χ3n) is 4.14. The van der Waals surface area contributed by atoms with Crippen LogP contribution in [0.3, 0.4) is 0 Å². The molecule has 0 N–H and O–H groups in total. The summed E-state index contributed by atoms with van der Waals surface area (Å²) in [5.74, 6) is 1.59. The lowest BCUT2D eigenvalue weighted by molar-refractivity contribution is 0.396. The van der Waals surface area contributed by atoms with Gasteiger partial charge in [0.1, 0.15) is 0 Å². The van der Waals surface area contributed by atoms with Gasteiger partial charge in [-0.1, -0.05) is 19.8 Å². The quantitative estimate of drug-likeness (QED) is 0.782. The molecule has 0 spiro atoms. The highest BCUT2D eigenvalue weighted by atomic mass is 16.5. The Balaban J connectivity index is 2.16. The number of methoxy groups -OCH3 is 1. The van der Waals surface area contributed by atoms with E-state index < -0.39 is 0 Å². The summed E-state index contributed by atoms with van der Waals surface area (Å²) in [5.41, 5.74) is 2.44. The second kappa shape index (κ2) is 6.78. The van der Waals surface area contributed by atoms with Crippen molar-refractivity contribution in [2.45, 2.75) is 46.0 Å². The van der Waals surface area contributed by atoms with Crippen molar-refractivity contribution < 1.29 is 4.74 Å². The summed E-state index contributed by atoms with van der Waals surface area (Å²) in [6, 6.07) is 4.15. The Kier molecular flexibility index (Phi) is 5.06. The lowest BCUT2D eigenvalue weighted by Gasteiger charge is -2.28. The first-order valence-electron chi connectivity index (χ1n) is 7.57. The van der Waals surface area contributed by atoms with Crippen molar-refractivity contribution in [3.63, 3.8) is 0 Å². The summed E-state index contributed by atoms with van der Waals surface area (Å²) in [5, 5.41) is 0. The zero-order valence-corrected chi connectivity index (χ0v) is 12.5. The Hall–Kier alpha value is -1.25. The van der Waals surface area contributed by atoms with Crippen LogP contribution in [-0.4, -0.2) is 25.2 Å². The number of nitrogens with zero attached hydrogens (tertiary/aromatic N) is 2. The normalized spacial score (nSPS) is 15.7. The Bertz CT molecular complexity index is 400. The van der Waals surface area contributed by atoms with Gasteiger partial charge >= 0.3 is 0 Å². The van der Waals surface area contributed by atoms with Crippen molar-refractivity contribution in [2.75, 3.05) is 25.1 Å². The molecular formula is C16H26N2O. The molecule has 1 saturated carbocycles. The van der Waals surface area contributed by atoms with Crippen LogP contribution in [0.2, 0.25) is 0 Å². The molecule has 3 heteroatoms. The average molecular weight is 262 g/mol. The van der Waals surface area contributed by atoms with Crippen LogP contribution in [0.15, 0.2) is 12.1 Å². The highest BCUT2D eigenvalue weighted by Crippen LogP contribution is 2.29. The first-order valence-corrected chi connectivity index (χ1v) is 7.57. The summed E-state index contributed by atoms with van der Waals surface area (Å²) < 4.78 is 5.23. The van der Waals surface area contributed by atoms with E-state index >= 15 is 0 Å². The van der Waals surface area contributed by atoms with Gasteiger partial charge in [-0.2, -0.15) is 0 Å². The molecule has 3 nitrogen and oxygen atoms in total. The van der Waals surface area contributed by atoms with Gasteiger partial charge in [-0.3, -0.25) is 0 Å². The molecule has 1 aromatic rings. The Morgan fingerprint density at radius 3 is 2.58 bits per heavy atom. The van der Waals surface area contributed by atoms with Gasteiger partial charge in [0.25, 0.3) is 0 Å². The van der Waals surface area contributed by atoms with Gasteiger partial charge in [0.2, 0.25) is 5.88 Å². The van der Waals surface area contributed by atoms with Crippen LogP contribution in [-0.2, 0) is 6.42 Å². The number of anilines is 1. The van der Waals surface area contributed by atoms with E-state index in [2.05, 4.69) is 29.8 Å². The molecule has 0 unspecified atom stereocenters. The van der Waals surface area contributed by atoms with E-state index in [4.69, 9.17) is 4.74 Å². The molecule has 0 atom stereocenters. The first-order chi connectivity index (χ1) is 9.28. The summed E-state index contributed by atoms with van der Waals surface area (Å²) >= 11 is 0. The number of ether oxygens (including phenoxy) is 1. The van der Waals surface area contributed by atoms with Crippen LogP contribution in [0.1, 0.15) is 45.2 Å². The number of aryl methyl sites for hydroxylation is 1. The van der Waals surface area contributed by atoms with E-state index in [0.29, 0.717) is 0 Å². The minimum atomic E-state index is 0.720. The minimum absolute atomic E-state index is 0.720. The van der Waals surface area contributed by atoms with Crippen molar-refractivity contribution >= 4 is 5.69 Å². The second-order valence-corrected chi connectivity index (χ2v) is 5.36. The highest BCUT2D eigenvalue weighted by molar-refractivity contribution is 5.52. The molecule has 1 fully saturated rings. The maximum atomic E-state index is 5.23. The summed E-state index contributed by atoms with van der Waals surface area (Å²) in [7, 11) is 1.68. The van der Waals surface area contributed by atoms with Gasteiger partial charge < -0.3 is 9.64 Å². The van der Waals surface area contributed by atoms with E-state index in [0.717, 1.165) is 30.5 Å². The standard InChI is InChI=1S/C16H26N2O/c1-4-14-15(10-11-16(17-14)19-3)18(5-2)12-13-8-6-7-9-13/h10-11,13H,4-9,12H2,1-3H3. The largest absolute Gasteiger partial charge is 0.481 e. The maximum Gasteiger partial charge on any atom is 0.213 e. The fraction of sp³-hybridized carbons (Fsp3) is 0.688. The molecule has 1 aliphatic carbocycles. The smallest absolute Gasteiger partial charge is 0.213 e. The Labute approximate surface area is 117 Å². The molecule has 0 saturated heterocycles. The van der Waals surface area contributed by atoms with Crippen LogP contribution in [0, 0.1) is 5.92 Å². The van der Waals surface area contributed by atoms with Gasteiger partial charge in [0, 0.05) is 19.2 Å². The van der Waals surface area contributed by atoms with Gasteiger partial charge in [-0.25, -0.2) is 4.98 Å². The minimum Gasteiger partial charge on any atom is -0.481 e. The molecule has 1 aromatic heterocycles. The van der Waals surface area contributed by atoms with Crippen LogP contribution >= 0.6 is 0 Å². The second-order valence-electron chi connectivity index (χ2n) is 5.36. The average Bonchev–Trinajstić information content (AvgIpc) is 2.97. The van der Waals surface area contributed by atoms with E-state index in [1.807, 2.05) is 6.07 Å². The van der Waals surface area contributed by atoms with Crippen LogP contribution in [0.5, 0.6) is 5.88 Å². The zero-order valence-electron chi connectivity index (χ0n) is 12.5. The summed E-state index contributed by atoms with van der Waals surface area (Å²) in [6.45, 7) is 6.63. The maximum absolute atomic E-state index is 5.23. The van der Waals surface area contributed by atoms with Gasteiger partial charge in [-0.15, -0.1) is 0 Å². The fourth-order valence-corrected chi connectivity index (χ4v) is 3.04. The highest BCUT2D eigenvalue weighted by Gasteiger charge is 2.19. The molecule has 19 heavy (non-hydrogen) atoms. The van der Waals surface area contributed by atoms with Gasteiger partial charge in [-0.05, 0) is 38.2 Å². The molecule has 0 aliphatic heterocycles. The van der Waals surface area contributed by atoms with Crippen molar-refractivity contribution in [3.05, 3.63) is 17.8 Å². The Morgan fingerprint density at radius 2 is 2.00 bits per heavy atom. The van der Waals surface area contributed by atoms with Gasteiger partial charge in [0.05, 0.1) is 18.5 Å². The van der Waals surface area contributed by atoms with Gasteiger partial charge in [0.15, 0.2) is 0 Å². The number of aromatic nitrogens is 1. The number of hydrogen-bond acceptors (Lipinski definition) is 3. The van der Waals surface area contributed by atoms with Crippen molar-refractivity contribution in [1.82, 2.24) is 4.98 Å². The predicted octanol–water partition coefficient (Wildman–Crippen LogP) is 3.67. The molecule has 0 aromatic carbocycles. The molecule has 0 radical (unpaired) electrons. The topological polar surface area (TPSA) is 25.4 Å². The van der Waals surface area contributed by atoms with Crippen molar-refractivity contribution in [1.29, 1.82) is 0 Å². The summed E-state index contributed by atoms with van der Waals surface area (Å²) in [6.07, 6.45) is 6.55. The fourth-order valence-electron chi connectivity index (χ4n) is 3.04. The van der Waals surface area contributed by atoms with Crippen LogP contribution in [0.4, 0.5) is 5.69 Å². The lowest BCUT2D eigenvalue weighted by atomic mass is 10.1. The molecular weight excluding hydrogens is 236 g/mol. The van der Waals surface area contributed by atoms with Crippen LogP contribution < -0.4 is 9.64 Å². The van der Waals surface area contributed by atoms with E-state index in [9.17, 15) is 0 Å². The van der Waals surface area contributed by atoms with E-state index in [-0.39, 0.29) is 0 Å².